The van der Waals surface area contributed by atoms with Gasteiger partial charge in [0.1, 0.15) is 5.82 Å². The number of hydrogen-bond acceptors (Lipinski definition) is 5. The predicted octanol–water partition coefficient (Wildman–Crippen LogP) is 5.94. The molecule has 0 saturated heterocycles. The Labute approximate surface area is 208 Å². The Kier molecular flexibility index (Phi) is 7.53. The Morgan fingerprint density at radius 3 is 2.26 bits per heavy atom. The van der Waals surface area contributed by atoms with Gasteiger partial charge >= 0.3 is 0 Å². The number of sulfone groups is 1. The van der Waals surface area contributed by atoms with Gasteiger partial charge in [-0.2, -0.15) is 0 Å². The van der Waals surface area contributed by atoms with Crippen molar-refractivity contribution >= 4 is 44.4 Å². The van der Waals surface area contributed by atoms with Crippen LogP contribution in [0.5, 0.6) is 0 Å². The number of aliphatic hydroxyl groups is 1. The highest BCUT2D eigenvalue weighted by molar-refractivity contribution is 7.90. The third-order valence-corrected chi connectivity index (χ3v) is 6.73. The maximum Gasteiger partial charge on any atom is 0.175 e. The Balaban J connectivity index is 2.14. The number of halogens is 3. The van der Waals surface area contributed by atoms with E-state index in [9.17, 15) is 17.9 Å². The first-order valence-electron chi connectivity index (χ1n) is 10.1. The van der Waals surface area contributed by atoms with E-state index < -0.39 is 21.3 Å². The number of benzene rings is 3. The lowest BCUT2D eigenvalue weighted by Gasteiger charge is -2.18. The van der Waals surface area contributed by atoms with Crippen molar-refractivity contribution in [1.82, 2.24) is 0 Å². The van der Waals surface area contributed by atoms with Gasteiger partial charge in [0.15, 0.2) is 9.84 Å². The molecule has 0 radical (unpaired) electrons. The van der Waals surface area contributed by atoms with Crippen LogP contribution < -0.4 is 5.73 Å². The van der Waals surface area contributed by atoms with E-state index in [4.69, 9.17) is 28.9 Å². The lowest BCUT2D eigenvalue weighted by atomic mass is 10.0. The minimum absolute atomic E-state index is 0.0114. The van der Waals surface area contributed by atoms with Crippen molar-refractivity contribution in [2.24, 2.45) is 10.7 Å². The van der Waals surface area contributed by atoms with Crippen molar-refractivity contribution in [2.45, 2.75) is 24.3 Å². The van der Waals surface area contributed by atoms with Crippen LogP contribution in [0.4, 0.5) is 10.1 Å². The summed E-state index contributed by atoms with van der Waals surface area (Å²) in [5.41, 5.74) is 6.41. The molecule has 0 aromatic heterocycles. The first-order valence-corrected chi connectivity index (χ1v) is 12.8. The molecule has 9 heteroatoms. The van der Waals surface area contributed by atoms with Crippen LogP contribution in [0.2, 0.25) is 10.0 Å². The highest BCUT2D eigenvalue weighted by atomic mass is 35.5. The largest absolute Gasteiger partial charge is 0.400 e. The summed E-state index contributed by atoms with van der Waals surface area (Å²) in [6.45, 7) is 2.98. The van der Waals surface area contributed by atoms with E-state index in [1.54, 1.807) is 36.4 Å². The van der Waals surface area contributed by atoms with Crippen LogP contribution in [0.3, 0.4) is 0 Å². The molecule has 0 unspecified atom stereocenters. The van der Waals surface area contributed by atoms with Crippen molar-refractivity contribution < 1.29 is 17.9 Å². The lowest BCUT2D eigenvalue weighted by molar-refractivity contribution is 0.118. The molecule has 0 atom stereocenters. The van der Waals surface area contributed by atoms with Crippen molar-refractivity contribution in [3.63, 3.8) is 0 Å². The summed E-state index contributed by atoms with van der Waals surface area (Å²) in [6, 6.07) is 15.7. The first kappa shape index (κ1) is 25.9. The second kappa shape index (κ2) is 9.88. The zero-order chi connectivity index (χ0) is 25.3. The van der Waals surface area contributed by atoms with Gasteiger partial charge in [0.2, 0.25) is 0 Å². The van der Waals surface area contributed by atoms with Crippen LogP contribution in [-0.4, -0.2) is 31.1 Å². The Morgan fingerprint density at radius 1 is 1.03 bits per heavy atom. The molecule has 0 heterocycles. The Morgan fingerprint density at radius 2 is 1.68 bits per heavy atom. The molecule has 3 N–H and O–H groups in total. The quantitative estimate of drug-likeness (QED) is 0.393. The van der Waals surface area contributed by atoms with E-state index in [0.29, 0.717) is 16.8 Å². The average Bonchev–Trinajstić information content (AvgIpc) is 2.73. The maximum atomic E-state index is 14.7. The Hall–Kier alpha value is -2.71. The molecule has 0 fully saturated rings. The van der Waals surface area contributed by atoms with Gasteiger partial charge in [-0.15, -0.1) is 0 Å². The van der Waals surface area contributed by atoms with Crippen LogP contribution in [-0.2, 0) is 9.84 Å². The summed E-state index contributed by atoms with van der Waals surface area (Å²) in [6.07, 6.45) is 2.49. The van der Waals surface area contributed by atoms with Gasteiger partial charge in [0.05, 0.1) is 37.5 Å². The van der Waals surface area contributed by atoms with Gasteiger partial charge in [-0.25, -0.2) is 17.8 Å². The molecule has 5 nitrogen and oxygen atoms in total. The van der Waals surface area contributed by atoms with Crippen molar-refractivity contribution in [3.05, 3.63) is 93.9 Å². The summed E-state index contributed by atoms with van der Waals surface area (Å²) in [5, 5.41) is 10.6. The topological polar surface area (TPSA) is 92.8 Å². The third-order valence-electron chi connectivity index (χ3n) is 5.00. The molecule has 3 aromatic carbocycles. The highest BCUT2D eigenvalue weighted by Gasteiger charge is 2.20. The smallest absolute Gasteiger partial charge is 0.175 e. The van der Waals surface area contributed by atoms with Gasteiger partial charge < -0.3 is 10.8 Å². The molecule has 0 aliphatic rings. The molecular weight excluding hydrogens is 498 g/mol. The number of nitrogens with zero attached hydrogens (tertiary/aromatic N) is 1. The van der Waals surface area contributed by atoms with Crippen molar-refractivity contribution in [1.29, 1.82) is 0 Å². The minimum atomic E-state index is -3.37. The molecule has 3 rings (SSSR count). The zero-order valence-electron chi connectivity index (χ0n) is 18.7. The standard InChI is InChI=1S/C25H23Cl2FN2O3S/c1-25(2,31)23(29)14-22(24-18(26)8-5-9-20(24)28)30-21-11-10-16(13-19(21)27)15-6-4-7-17(12-15)34(3,32)33/h4-14,31H,29H2,1-3H3. The molecular formula is C25H23Cl2FN2O3S. The fourth-order valence-corrected chi connectivity index (χ4v) is 4.19. The lowest BCUT2D eigenvalue weighted by Crippen LogP contribution is -2.28. The van der Waals surface area contributed by atoms with Crippen LogP contribution >= 0.6 is 23.2 Å². The number of aliphatic imine (C=N–C) groups is 1. The SMILES string of the molecule is CC(C)(O)C(N)=CC(=Nc1ccc(-c2cccc(S(C)(=O)=O)c2)cc1Cl)c1c(F)cccc1Cl. The Bertz CT molecular complexity index is 1390. The molecule has 0 aliphatic carbocycles. The van der Waals surface area contributed by atoms with E-state index in [0.717, 1.165) is 6.26 Å². The number of allylic oxidation sites excluding steroid dienone is 1. The molecule has 0 saturated carbocycles. The minimum Gasteiger partial charge on any atom is -0.400 e. The van der Waals surface area contributed by atoms with Crippen LogP contribution in [0.1, 0.15) is 19.4 Å². The summed E-state index contributed by atoms with van der Waals surface area (Å²) in [4.78, 5) is 4.68. The predicted molar refractivity (Wildman–Crippen MR) is 136 cm³/mol. The van der Waals surface area contributed by atoms with Gasteiger partial charge in [-0.3, -0.25) is 0 Å². The van der Waals surface area contributed by atoms with Gasteiger partial charge in [-0.1, -0.05) is 47.5 Å². The molecule has 34 heavy (non-hydrogen) atoms. The van der Waals surface area contributed by atoms with Crippen molar-refractivity contribution in [2.75, 3.05) is 6.26 Å². The fraction of sp³-hybridized carbons (Fsp3) is 0.160. The zero-order valence-corrected chi connectivity index (χ0v) is 21.0. The van der Waals surface area contributed by atoms with E-state index >= 15 is 0 Å². The monoisotopic (exact) mass is 520 g/mol. The van der Waals surface area contributed by atoms with Crippen LogP contribution in [0.25, 0.3) is 11.1 Å². The normalized spacial score (nSPS) is 13.3. The fourth-order valence-electron chi connectivity index (χ4n) is 3.04. The highest BCUT2D eigenvalue weighted by Crippen LogP contribution is 2.33. The second-order valence-electron chi connectivity index (χ2n) is 8.22. The molecule has 0 bridgehead atoms. The molecule has 178 valence electrons. The van der Waals surface area contributed by atoms with Crippen molar-refractivity contribution in [3.8, 4) is 11.1 Å². The summed E-state index contributed by atoms with van der Waals surface area (Å²) in [7, 11) is -3.37. The van der Waals surface area contributed by atoms with E-state index in [2.05, 4.69) is 4.99 Å². The second-order valence-corrected chi connectivity index (χ2v) is 11.0. The third kappa shape index (κ3) is 6.04. The molecule has 3 aromatic rings. The van der Waals surface area contributed by atoms with Crippen LogP contribution in [0.15, 0.2) is 82.3 Å². The summed E-state index contributed by atoms with van der Waals surface area (Å²) >= 11 is 12.7. The number of rotatable bonds is 6. The summed E-state index contributed by atoms with van der Waals surface area (Å²) < 4.78 is 38.5. The summed E-state index contributed by atoms with van der Waals surface area (Å²) in [5.74, 6) is -0.614. The van der Waals surface area contributed by atoms with Gasteiger partial charge in [-0.05, 0) is 67.4 Å². The van der Waals surface area contributed by atoms with Gasteiger partial charge in [0, 0.05) is 12.0 Å². The van der Waals surface area contributed by atoms with E-state index in [1.807, 2.05) is 0 Å². The first-order chi connectivity index (χ1) is 15.8. The average molecular weight is 521 g/mol. The molecule has 0 aliphatic heterocycles. The van der Waals surface area contributed by atoms with Gasteiger partial charge in [0.25, 0.3) is 0 Å². The van der Waals surface area contributed by atoms with Crippen LogP contribution in [0, 0.1) is 5.82 Å². The van der Waals surface area contributed by atoms with E-state index in [1.165, 1.54) is 44.2 Å². The molecule has 0 amide bonds. The number of hydrogen-bond donors (Lipinski definition) is 2. The maximum absolute atomic E-state index is 14.7. The molecule has 0 spiro atoms. The van der Waals surface area contributed by atoms with E-state index in [-0.39, 0.29) is 31.9 Å². The number of nitrogens with two attached hydrogens (primary N) is 1.